The van der Waals surface area contributed by atoms with Gasteiger partial charge in [0.25, 0.3) is 0 Å². The number of ether oxygens (including phenoxy) is 2. The maximum Gasteiger partial charge on any atom is 0.137 e. The molecule has 0 radical (unpaired) electrons. The number of rotatable bonds is 9. The van der Waals surface area contributed by atoms with Gasteiger partial charge in [0.1, 0.15) is 54.6 Å². The molecule has 2 heterocycles. The second-order valence-electron chi connectivity index (χ2n) is 8.17. The van der Waals surface area contributed by atoms with E-state index in [1.165, 1.54) is 6.33 Å². The summed E-state index contributed by atoms with van der Waals surface area (Å²) in [5, 5.41) is 25.4. The fourth-order valence-corrected chi connectivity index (χ4v) is 3.84. The van der Waals surface area contributed by atoms with Gasteiger partial charge in [-0.3, -0.25) is 4.90 Å². The number of hydrogen-bond donors (Lipinski definition) is 2. The Bertz CT molecular complexity index is 1030. The quantitative estimate of drug-likeness (QED) is 0.505. The molecule has 176 valence electrons. The van der Waals surface area contributed by atoms with Crippen molar-refractivity contribution >= 4 is 0 Å². The van der Waals surface area contributed by atoms with Gasteiger partial charge in [0.2, 0.25) is 0 Å². The number of benzene rings is 2. The smallest absolute Gasteiger partial charge is 0.137 e. The number of piperidine rings is 1. The van der Waals surface area contributed by atoms with Crippen molar-refractivity contribution in [3.8, 4) is 11.5 Å². The summed E-state index contributed by atoms with van der Waals surface area (Å²) in [5.74, 6) is -0.866. The molecule has 1 aliphatic rings. The maximum absolute atomic E-state index is 13.4. The van der Waals surface area contributed by atoms with Gasteiger partial charge in [0, 0.05) is 37.8 Å². The van der Waals surface area contributed by atoms with Gasteiger partial charge in [0.15, 0.2) is 0 Å². The molecule has 0 saturated carbocycles. The standard InChI is InChI=1S/C23H26F2N4O4/c24-18-9-19(25)11-21(10-18)33-14-23(31)13-28(5-4-22(23)30)12-17-2-1-3-20(8-17)32-7-6-29-16-26-15-27-29/h1-3,8-11,15-16,22,30-31H,4-7,12-14H2/t22-,23-/m0/s1. The summed E-state index contributed by atoms with van der Waals surface area (Å²) < 4.78 is 39.7. The molecule has 33 heavy (non-hydrogen) atoms. The van der Waals surface area contributed by atoms with Crippen LogP contribution in [0.4, 0.5) is 8.78 Å². The van der Waals surface area contributed by atoms with Crippen molar-refractivity contribution in [1.82, 2.24) is 19.7 Å². The fourth-order valence-electron chi connectivity index (χ4n) is 3.84. The van der Waals surface area contributed by atoms with Crippen LogP contribution >= 0.6 is 0 Å². The number of β-amino-alcohol motifs (C(OH)–C–C–N with tert-alkyl or cyclic N) is 1. The van der Waals surface area contributed by atoms with E-state index in [0.717, 1.165) is 29.5 Å². The van der Waals surface area contributed by atoms with E-state index in [0.29, 0.717) is 32.7 Å². The zero-order valence-corrected chi connectivity index (χ0v) is 18.0. The lowest BCUT2D eigenvalue weighted by atomic mass is 9.90. The molecule has 8 nitrogen and oxygen atoms in total. The van der Waals surface area contributed by atoms with Crippen LogP contribution in [0.25, 0.3) is 0 Å². The zero-order chi connectivity index (χ0) is 23.3. The van der Waals surface area contributed by atoms with Crippen LogP contribution in [0.1, 0.15) is 12.0 Å². The van der Waals surface area contributed by atoms with E-state index in [4.69, 9.17) is 9.47 Å². The highest BCUT2D eigenvalue weighted by Crippen LogP contribution is 2.26. The van der Waals surface area contributed by atoms with Crippen LogP contribution in [0.5, 0.6) is 11.5 Å². The van der Waals surface area contributed by atoms with Crippen LogP contribution in [0.15, 0.2) is 55.1 Å². The highest BCUT2D eigenvalue weighted by molar-refractivity contribution is 5.28. The first-order chi connectivity index (χ1) is 15.9. The molecule has 0 amide bonds. The molecule has 0 aliphatic carbocycles. The van der Waals surface area contributed by atoms with Crippen molar-refractivity contribution in [1.29, 1.82) is 0 Å². The van der Waals surface area contributed by atoms with Crippen molar-refractivity contribution < 1.29 is 28.5 Å². The first-order valence-electron chi connectivity index (χ1n) is 10.7. The number of aromatic nitrogens is 3. The summed E-state index contributed by atoms with van der Waals surface area (Å²) in [6, 6.07) is 10.5. The molecule has 1 aromatic heterocycles. The van der Waals surface area contributed by atoms with Gasteiger partial charge in [-0.05, 0) is 24.1 Å². The van der Waals surface area contributed by atoms with Gasteiger partial charge in [-0.25, -0.2) is 18.4 Å². The third kappa shape index (κ3) is 6.25. The predicted molar refractivity (Wildman–Crippen MR) is 115 cm³/mol. The molecule has 0 spiro atoms. The van der Waals surface area contributed by atoms with Crippen molar-refractivity contribution in [3.05, 3.63) is 72.3 Å². The number of aliphatic hydroxyl groups is 2. The summed E-state index contributed by atoms with van der Waals surface area (Å²) in [4.78, 5) is 5.89. The van der Waals surface area contributed by atoms with Crippen molar-refractivity contribution in [2.45, 2.75) is 31.2 Å². The summed E-state index contributed by atoms with van der Waals surface area (Å²) in [6.45, 7) is 1.98. The van der Waals surface area contributed by atoms with Crippen LogP contribution in [0, 0.1) is 11.6 Å². The molecule has 1 aliphatic heterocycles. The second kappa shape index (κ2) is 10.2. The number of likely N-dealkylation sites (tertiary alicyclic amines) is 1. The van der Waals surface area contributed by atoms with E-state index < -0.39 is 23.3 Å². The lowest BCUT2D eigenvalue weighted by Gasteiger charge is -2.42. The first kappa shape index (κ1) is 23.1. The Balaban J connectivity index is 1.33. The predicted octanol–water partition coefficient (Wildman–Crippen LogP) is 2.01. The van der Waals surface area contributed by atoms with Crippen LogP contribution in [0.2, 0.25) is 0 Å². The first-order valence-corrected chi connectivity index (χ1v) is 10.7. The average Bonchev–Trinajstić information content (AvgIpc) is 3.28. The van der Waals surface area contributed by atoms with Gasteiger partial charge in [-0.2, -0.15) is 5.10 Å². The van der Waals surface area contributed by atoms with Gasteiger partial charge in [-0.1, -0.05) is 12.1 Å². The van der Waals surface area contributed by atoms with Crippen molar-refractivity contribution in [2.75, 3.05) is 26.3 Å². The Morgan fingerprint density at radius 2 is 1.91 bits per heavy atom. The highest BCUT2D eigenvalue weighted by atomic mass is 19.1. The highest BCUT2D eigenvalue weighted by Gasteiger charge is 2.42. The van der Waals surface area contributed by atoms with Crippen LogP contribution < -0.4 is 9.47 Å². The Labute approximate surface area is 190 Å². The van der Waals surface area contributed by atoms with Gasteiger partial charge in [-0.15, -0.1) is 0 Å². The van der Waals surface area contributed by atoms with Gasteiger partial charge in [0.05, 0.1) is 12.6 Å². The zero-order valence-electron chi connectivity index (χ0n) is 18.0. The molecule has 2 N–H and O–H groups in total. The number of aliphatic hydroxyl groups excluding tert-OH is 1. The van der Waals surface area contributed by atoms with E-state index in [1.54, 1.807) is 11.0 Å². The Hall–Kier alpha value is -3.08. The molecular formula is C23H26F2N4O4. The van der Waals surface area contributed by atoms with Crippen LogP contribution in [0.3, 0.4) is 0 Å². The molecule has 2 atom stereocenters. The normalized spacial score (nSPS) is 21.2. The van der Waals surface area contributed by atoms with E-state index >= 15 is 0 Å². The minimum absolute atomic E-state index is 0.0407. The SMILES string of the molecule is O[C@H]1CCN(Cc2cccc(OCCn3cncn3)c2)C[C@]1(O)COc1cc(F)cc(F)c1. The van der Waals surface area contributed by atoms with Gasteiger partial charge < -0.3 is 19.7 Å². The maximum atomic E-state index is 13.4. The molecule has 10 heteroatoms. The molecule has 3 aromatic rings. The third-order valence-electron chi connectivity index (χ3n) is 5.52. The van der Waals surface area contributed by atoms with Gasteiger partial charge >= 0.3 is 0 Å². The third-order valence-corrected chi connectivity index (χ3v) is 5.52. The Morgan fingerprint density at radius 1 is 1.09 bits per heavy atom. The topological polar surface area (TPSA) is 92.9 Å². The number of halogens is 2. The minimum Gasteiger partial charge on any atom is -0.492 e. The average molecular weight is 460 g/mol. The van der Waals surface area contributed by atoms with E-state index in [1.807, 2.05) is 29.2 Å². The molecule has 1 fully saturated rings. The van der Waals surface area contributed by atoms with Crippen molar-refractivity contribution in [2.24, 2.45) is 0 Å². The van der Waals surface area contributed by atoms with Crippen LogP contribution in [-0.2, 0) is 13.1 Å². The number of hydrogen-bond acceptors (Lipinski definition) is 7. The van der Waals surface area contributed by atoms with Crippen molar-refractivity contribution in [3.63, 3.8) is 0 Å². The summed E-state index contributed by atoms with van der Waals surface area (Å²) in [7, 11) is 0. The van der Waals surface area contributed by atoms with E-state index in [2.05, 4.69) is 10.1 Å². The second-order valence-corrected chi connectivity index (χ2v) is 8.17. The number of nitrogens with zero attached hydrogens (tertiary/aromatic N) is 4. The lowest BCUT2D eigenvalue weighted by molar-refractivity contribution is -0.140. The molecule has 2 aromatic carbocycles. The van der Waals surface area contributed by atoms with Crippen LogP contribution in [-0.4, -0.2) is 67.9 Å². The Kier molecular flexibility index (Phi) is 7.17. The summed E-state index contributed by atoms with van der Waals surface area (Å²) >= 11 is 0. The Morgan fingerprint density at radius 3 is 2.67 bits per heavy atom. The lowest BCUT2D eigenvalue weighted by Crippen LogP contribution is -2.59. The molecular weight excluding hydrogens is 434 g/mol. The molecule has 0 bridgehead atoms. The largest absolute Gasteiger partial charge is 0.492 e. The minimum atomic E-state index is -1.58. The monoisotopic (exact) mass is 460 g/mol. The molecule has 0 unspecified atom stereocenters. The summed E-state index contributed by atoms with van der Waals surface area (Å²) in [5.41, 5.74) is -0.590. The molecule has 1 saturated heterocycles. The van der Waals surface area contributed by atoms with E-state index in [9.17, 15) is 19.0 Å². The fraction of sp³-hybridized carbons (Fsp3) is 0.391. The van der Waals surface area contributed by atoms with E-state index in [-0.39, 0.29) is 18.9 Å². The molecule has 4 rings (SSSR count). The summed E-state index contributed by atoms with van der Waals surface area (Å²) in [6.07, 6.45) is 2.42.